The lowest BCUT2D eigenvalue weighted by atomic mass is 10.1. The van der Waals surface area contributed by atoms with E-state index in [0.29, 0.717) is 0 Å². The molecule has 0 radical (unpaired) electrons. The van der Waals surface area contributed by atoms with Crippen molar-refractivity contribution < 1.29 is 28.1 Å². The van der Waals surface area contributed by atoms with Crippen LogP contribution < -0.4 is 24.5 Å². The highest BCUT2D eigenvalue weighted by Crippen LogP contribution is 2.41. The van der Waals surface area contributed by atoms with Crippen molar-refractivity contribution in [1.29, 1.82) is 0 Å². The number of carbonyl (C=O) groups is 1. The molecule has 0 fully saturated rings. The van der Waals surface area contributed by atoms with Crippen molar-refractivity contribution in [1.82, 2.24) is 9.97 Å². The number of benzene rings is 2. The minimum Gasteiger partial charge on any atom is -0.494 e. The number of halogens is 1. The normalized spacial score (nSPS) is 10.6. The van der Waals surface area contributed by atoms with Gasteiger partial charge in [0.2, 0.25) is 11.5 Å². The van der Waals surface area contributed by atoms with Crippen LogP contribution in [0.4, 0.5) is 4.39 Å². The molecule has 0 atom stereocenters. The van der Waals surface area contributed by atoms with Gasteiger partial charge in [-0.2, -0.15) is 0 Å². The standard InChI is InChI=1S/C19H17FN2O6/c1-25-12-6-5-9(7-10(12)20)15(23)18-21-11-8-13(26-2)16(27-3)17(28-4)14(11)19(24)22-18/h5-8H,1-4H3,(H,21,22,24). The quantitative estimate of drug-likeness (QED) is 0.647. The van der Waals surface area contributed by atoms with Crippen LogP contribution in [0.25, 0.3) is 10.9 Å². The van der Waals surface area contributed by atoms with E-state index in [4.69, 9.17) is 18.9 Å². The number of H-pyrrole nitrogens is 1. The zero-order chi connectivity index (χ0) is 20.4. The lowest BCUT2D eigenvalue weighted by Gasteiger charge is -2.14. The monoisotopic (exact) mass is 388 g/mol. The molecular weight excluding hydrogens is 371 g/mol. The maximum absolute atomic E-state index is 13.9. The van der Waals surface area contributed by atoms with Gasteiger partial charge in [-0.15, -0.1) is 0 Å². The molecule has 0 spiro atoms. The summed E-state index contributed by atoms with van der Waals surface area (Å²) >= 11 is 0. The van der Waals surface area contributed by atoms with E-state index in [2.05, 4.69) is 9.97 Å². The van der Waals surface area contributed by atoms with Gasteiger partial charge in [0.15, 0.2) is 28.9 Å². The summed E-state index contributed by atoms with van der Waals surface area (Å²) in [7, 11) is 5.51. The van der Waals surface area contributed by atoms with Crippen LogP contribution in [-0.4, -0.2) is 44.2 Å². The fraction of sp³-hybridized carbons (Fsp3) is 0.211. The second-order valence-corrected chi connectivity index (χ2v) is 5.63. The molecule has 0 aliphatic carbocycles. The number of hydrogen-bond acceptors (Lipinski definition) is 7. The Morgan fingerprint density at radius 3 is 2.21 bits per heavy atom. The fourth-order valence-electron chi connectivity index (χ4n) is 2.82. The van der Waals surface area contributed by atoms with Gasteiger partial charge in [-0.25, -0.2) is 9.37 Å². The molecule has 3 rings (SSSR count). The molecule has 2 aromatic carbocycles. The minimum atomic E-state index is -0.704. The summed E-state index contributed by atoms with van der Waals surface area (Å²) < 4.78 is 34.5. The molecule has 0 saturated carbocycles. The number of fused-ring (bicyclic) bond motifs is 1. The van der Waals surface area contributed by atoms with Gasteiger partial charge in [0.1, 0.15) is 5.39 Å². The van der Waals surface area contributed by atoms with Gasteiger partial charge in [0.05, 0.1) is 34.0 Å². The van der Waals surface area contributed by atoms with Crippen LogP contribution in [0.1, 0.15) is 16.2 Å². The number of aromatic amines is 1. The van der Waals surface area contributed by atoms with E-state index in [1.165, 1.54) is 46.6 Å². The Hall–Kier alpha value is -3.62. The van der Waals surface area contributed by atoms with E-state index in [1.807, 2.05) is 0 Å². The van der Waals surface area contributed by atoms with Gasteiger partial charge in [-0.05, 0) is 18.2 Å². The highest BCUT2D eigenvalue weighted by molar-refractivity contribution is 6.07. The molecule has 0 bridgehead atoms. The van der Waals surface area contributed by atoms with E-state index < -0.39 is 17.2 Å². The third kappa shape index (κ3) is 3.11. The number of ether oxygens (including phenoxy) is 4. The van der Waals surface area contributed by atoms with Crippen LogP contribution in [0.2, 0.25) is 0 Å². The van der Waals surface area contributed by atoms with Crippen molar-refractivity contribution in [3.05, 3.63) is 51.8 Å². The summed E-state index contributed by atoms with van der Waals surface area (Å²) in [6.07, 6.45) is 0. The van der Waals surface area contributed by atoms with Crippen LogP contribution in [0.3, 0.4) is 0 Å². The molecule has 1 heterocycles. The molecular formula is C19H17FN2O6. The maximum atomic E-state index is 13.9. The summed E-state index contributed by atoms with van der Waals surface area (Å²) in [5, 5.41) is 0.0950. The number of hydrogen-bond donors (Lipinski definition) is 1. The molecule has 0 unspecified atom stereocenters. The molecule has 0 aliphatic rings. The van der Waals surface area contributed by atoms with Crippen LogP contribution in [-0.2, 0) is 0 Å². The Morgan fingerprint density at radius 2 is 1.64 bits per heavy atom. The highest BCUT2D eigenvalue weighted by atomic mass is 19.1. The Balaban J connectivity index is 2.20. The summed E-state index contributed by atoms with van der Waals surface area (Å²) in [5.74, 6) is -0.992. The predicted molar refractivity (Wildman–Crippen MR) is 98.4 cm³/mol. The molecule has 0 saturated heterocycles. The van der Waals surface area contributed by atoms with Crippen molar-refractivity contribution in [2.24, 2.45) is 0 Å². The van der Waals surface area contributed by atoms with E-state index >= 15 is 0 Å². The van der Waals surface area contributed by atoms with Crippen molar-refractivity contribution in [2.45, 2.75) is 0 Å². The summed E-state index contributed by atoms with van der Waals surface area (Å²) in [6, 6.07) is 5.17. The first-order valence-electron chi connectivity index (χ1n) is 8.06. The molecule has 3 aromatic rings. The van der Waals surface area contributed by atoms with E-state index in [-0.39, 0.29) is 45.3 Å². The summed E-state index contributed by atoms with van der Waals surface area (Å²) in [4.78, 5) is 31.9. The number of rotatable bonds is 6. The summed E-state index contributed by atoms with van der Waals surface area (Å²) in [6.45, 7) is 0. The Kier molecular flexibility index (Phi) is 5.16. The van der Waals surface area contributed by atoms with Crippen molar-refractivity contribution >= 4 is 16.7 Å². The Morgan fingerprint density at radius 1 is 0.964 bits per heavy atom. The molecule has 146 valence electrons. The molecule has 0 amide bonds. The average molecular weight is 388 g/mol. The first-order chi connectivity index (χ1) is 13.4. The highest BCUT2D eigenvalue weighted by Gasteiger charge is 2.22. The molecule has 1 N–H and O–H groups in total. The molecule has 9 heteroatoms. The first kappa shape index (κ1) is 19.2. The number of methoxy groups -OCH3 is 4. The van der Waals surface area contributed by atoms with Crippen molar-refractivity contribution in [2.75, 3.05) is 28.4 Å². The number of aromatic nitrogens is 2. The van der Waals surface area contributed by atoms with Gasteiger partial charge in [-0.3, -0.25) is 9.59 Å². The molecule has 0 aliphatic heterocycles. The smallest absolute Gasteiger partial charge is 0.263 e. The summed E-state index contributed by atoms with van der Waals surface area (Å²) in [5.41, 5.74) is -0.441. The number of carbonyl (C=O) groups excluding carboxylic acids is 1. The lowest BCUT2D eigenvalue weighted by Crippen LogP contribution is -2.18. The van der Waals surface area contributed by atoms with Crippen LogP contribution in [0, 0.1) is 5.82 Å². The second kappa shape index (κ2) is 7.55. The number of nitrogens with one attached hydrogen (secondary N) is 1. The maximum Gasteiger partial charge on any atom is 0.263 e. The molecule has 8 nitrogen and oxygen atoms in total. The van der Waals surface area contributed by atoms with E-state index in [1.54, 1.807) is 0 Å². The minimum absolute atomic E-state index is 0.00178. The van der Waals surface area contributed by atoms with Crippen molar-refractivity contribution in [3.63, 3.8) is 0 Å². The van der Waals surface area contributed by atoms with E-state index in [0.717, 1.165) is 6.07 Å². The van der Waals surface area contributed by atoms with E-state index in [9.17, 15) is 14.0 Å². The molecule has 1 aromatic heterocycles. The zero-order valence-corrected chi connectivity index (χ0v) is 15.6. The predicted octanol–water partition coefficient (Wildman–Crippen LogP) is 2.33. The fourth-order valence-corrected chi connectivity index (χ4v) is 2.82. The number of nitrogens with zero attached hydrogens (tertiary/aromatic N) is 1. The van der Waals surface area contributed by atoms with Gasteiger partial charge in [0.25, 0.3) is 5.56 Å². The lowest BCUT2D eigenvalue weighted by molar-refractivity contribution is 0.102. The molecule has 28 heavy (non-hydrogen) atoms. The third-order valence-corrected chi connectivity index (χ3v) is 4.13. The van der Waals surface area contributed by atoms with Gasteiger partial charge < -0.3 is 23.9 Å². The average Bonchev–Trinajstić information content (AvgIpc) is 2.71. The second-order valence-electron chi connectivity index (χ2n) is 5.63. The van der Waals surface area contributed by atoms with Gasteiger partial charge >= 0.3 is 0 Å². The van der Waals surface area contributed by atoms with Crippen LogP contribution >= 0.6 is 0 Å². The van der Waals surface area contributed by atoms with Gasteiger partial charge in [-0.1, -0.05) is 0 Å². The van der Waals surface area contributed by atoms with Crippen LogP contribution in [0.5, 0.6) is 23.0 Å². The zero-order valence-electron chi connectivity index (χ0n) is 15.6. The third-order valence-electron chi connectivity index (χ3n) is 4.13. The van der Waals surface area contributed by atoms with Gasteiger partial charge in [0, 0.05) is 11.6 Å². The largest absolute Gasteiger partial charge is 0.494 e. The topological polar surface area (TPSA) is 99.7 Å². The Bertz CT molecular complexity index is 1130. The first-order valence-corrected chi connectivity index (χ1v) is 8.06. The Labute approximate surface area is 158 Å². The van der Waals surface area contributed by atoms with Crippen molar-refractivity contribution in [3.8, 4) is 23.0 Å². The van der Waals surface area contributed by atoms with Crippen LogP contribution in [0.15, 0.2) is 29.1 Å². The SMILES string of the molecule is COc1ccc(C(=O)c2nc3cc(OC)c(OC)c(OC)c3c(=O)[nH]2)cc1F. The number of ketones is 1.